The molecular weight excluding hydrogens is 454 g/mol. The minimum atomic E-state index is -3.66. The second-order valence-electron chi connectivity index (χ2n) is 8.45. The van der Waals surface area contributed by atoms with Gasteiger partial charge in [-0.3, -0.25) is 4.79 Å². The van der Waals surface area contributed by atoms with Crippen LogP contribution in [0.1, 0.15) is 42.6 Å². The molecule has 8 nitrogen and oxygen atoms in total. The molecule has 1 amide bonds. The Balaban J connectivity index is 1.52. The lowest BCUT2D eigenvalue weighted by molar-refractivity contribution is 0.0954. The van der Waals surface area contributed by atoms with Gasteiger partial charge in [-0.1, -0.05) is 19.9 Å². The predicted molar refractivity (Wildman–Crippen MR) is 131 cm³/mol. The summed E-state index contributed by atoms with van der Waals surface area (Å²) in [5.74, 6) is 1.19. The topological polar surface area (TPSA) is 88.2 Å². The molecule has 0 atom stereocenters. The molecule has 0 spiro atoms. The van der Waals surface area contributed by atoms with Crippen LogP contribution in [-0.4, -0.2) is 64.6 Å². The number of nitrogens with one attached hydrogen (secondary N) is 1. The Kier molecular flexibility index (Phi) is 7.63. The van der Waals surface area contributed by atoms with Gasteiger partial charge in [-0.25, -0.2) is 8.42 Å². The first-order valence-corrected chi connectivity index (χ1v) is 13.4. The molecule has 2 aromatic rings. The summed E-state index contributed by atoms with van der Waals surface area (Å²) in [6, 6.07) is 10.7. The highest BCUT2D eigenvalue weighted by Gasteiger charge is 2.26. The second-order valence-corrected chi connectivity index (χ2v) is 10.4. The van der Waals surface area contributed by atoms with Crippen molar-refractivity contribution in [1.29, 1.82) is 0 Å². The predicted octanol–water partition coefficient (Wildman–Crippen LogP) is 3.06. The lowest BCUT2D eigenvalue weighted by Crippen LogP contribution is -2.32. The zero-order valence-corrected chi connectivity index (χ0v) is 20.7. The lowest BCUT2D eigenvalue weighted by Gasteiger charge is -2.23. The lowest BCUT2D eigenvalue weighted by atomic mass is 10.1. The molecule has 0 aromatic heterocycles. The van der Waals surface area contributed by atoms with Crippen molar-refractivity contribution in [2.75, 3.05) is 50.8 Å². The van der Waals surface area contributed by atoms with Crippen molar-refractivity contribution >= 4 is 21.6 Å². The molecule has 2 aliphatic heterocycles. The molecule has 2 aliphatic rings. The summed E-state index contributed by atoms with van der Waals surface area (Å²) in [7, 11) is -3.66. The molecule has 184 valence electrons. The van der Waals surface area contributed by atoms with Gasteiger partial charge in [-0.2, -0.15) is 4.31 Å². The maximum Gasteiger partial charge on any atom is 0.253 e. The van der Waals surface area contributed by atoms with Crippen LogP contribution < -0.4 is 19.7 Å². The number of benzene rings is 2. The van der Waals surface area contributed by atoms with Crippen molar-refractivity contribution < 1.29 is 22.7 Å². The molecule has 9 heteroatoms. The molecule has 0 unspecified atom stereocenters. The largest absolute Gasteiger partial charge is 0.486 e. The van der Waals surface area contributed by atoms with Gasteiger partial charge in [-0.05, 0) is 55.2 Å². The van der Waals surface area contributed by atoms with E-state index in [-0.39, 0.29) is 10.8 Å². The van der Waals surface area contributed by atoms with Crippen molar-refractivity contribution in [2.24, 2.45) is 0 Å². The van der Waals surface area contributed by atoms with Crippen molar-refractivity contribution in [1.82, 2.24) is 9.62 Å². The van der Waals surface area contributed by atoms with Gasteiger partial charge >= 0.3 is 0 Å². The van der Waals surface area contributed by atoms with E-state index in [2.05, 4.69) is 10.2 Å². The Bertz CT molecular complexity index is 1130. The van der Waals surface area contributed by atoms with E-state index in [1.54, 1.807) is 12.1 Å². The number of hydrogen-bond acceptors (Lipinski definition) is 6. The number of nitrogens with zero attached hydrogens (tertiary/aromatic N) is 2. The van der Waals surface area contributed by atoms with Crippen LogP contribution in [0.3, 0.4) is 0 Å². The van der Waals surface area contributed by atoms with E-state index < -0.39 is 10.0 Å². The number of ether oxygens (including phenoxy) is 2. The quantitative estimate of drug-likeness (QED) is 0.585. The van der Waals surface area contributed by atoms with Gasteiger partial charge in [0.15, 0.2) is 11.5 Å². The van der Waals surface area contributed by atoms with Crippen LogP contribution in [0, 0.1) is 0 Å². The number of anilines is 1. The highest BCUT2D eigenvalue weighted by molar-refractivity contribution is 7.89. The Morgan fingerprint density at radius 1 is 1.00 bits per heavy atom. The molecule has 1 saturated heterocycles. The summed E-state index contributed by atoms with van der Waals surface area (Å²) in [6.07, 6.45) is 2.74. The highest BCUT2D eigenvalue weighted by Crippen LogP contribution is 2.31. The van der Waals surface area contributed by atoms with E-state index in [1.165, 1.54) is 10.4 Å². The van der Waals surface area contributed by atoms with Gasteiger partial charge in [0.25, 0.3) is 5.91 Å². The summed E-state index contributed by atoms with van der Waals surface area (Å²) >= 11 is 0. The van der Waals surface area contributed by atoms with Crippen molar-refractivity contribution in [3.8, 4) is 11.5 Å². The molecule has 0 saturated carbocycles. The molecule has 34 heavy (non-hydrogen) atoms. The van der Waals surface area contributed by atoms with Crippen LogP contribution in [0.2, 0.25) is 0 Å². The molecule has 2 aromatic carbocycles. The van der Waals surface area contributed by atoms with Gasteiger partial charge in [0.2, 0.25) is 10.0 Å². The first-order chi connectivity index (χ1) is 16.4. The van der Waals surface area contributed by atoms with Crippen molar-refractivity contribution in [2.45, 2.75) is 38.0 Å². The normalized spacial score (nSPS) is 15.6. The number of carbonyl (C=O) groups excluding carboxylic acids is 1. The Morgan fingerprint density at radius 3 is 2.41 bits per heavy atom. The van der Waals surface area contributed by atoms with Crippen LogP contribution >= 0.6 is 0 Å². The van der Waals surface area contributed by atoms with E-state index in [0.717, 1.165) is 48.7 Å². The molecule has 2 heterocycles. The van der Waals surface area contributed by atoms with E-state index in [9.17, 15) is 13.2 Å². The first-order valence-electron chi connectivity index (χ1n) is 12.0. The second kappa shape index (κ2) is 10.7. The Hall–Kier alpha value is -2.78. The zero-order chi connectivity index (χ0) is 24.1. The molecule has 0 radical (unpaired) electrons. The van der Waals surface area contributed by atoms with Crippen LogP contribution in [0.4, 0.5) is 5.69 Å². The molecule has 1 N–H and O–H groups in total. The van der Waals surface area contributed by atoms with Gasteiger partial charge in [0.1, 0.15) is 13.2 Å². The summed E-state index contributed by atoms with van der Waals surface area (Å²) in [6.45, 7) is 7.60. The maximum absolute atomic E-state index is 13.2. The van der Waals surface area contributed by atoms with Crippen molar-refractivity contribution in [3.63, 3.8) is 0 Å². The number of hydrogen-bond donors (Lipinski definition) is 1. The zero-order valence-electron chi connectivity index (χ0n) is 19.9. The third-order valence-corrected chi connectivity index (χ3v) is 8.35. The fourth-order valence-electron chi connectivity index (χ4n) is 4.46. The van der Waals surface area contributed by atoms with Gasteiger partial charge in [0, 0.05) is 38.4 Å². The average molecular weight is 488 g/mol. The van der Waals surface area contributed by atoms with Gasteiger partial charge in [-0.15, -0.1) is 0 Å². The highest BCUT2D eigenvalue weighted by atomic mass is 32.2. The SMILES string of the molecule is CCN(CC)S(=O)(=O)c1ccc(N2CCCC2)c(C(=O)NCCc2ccc3c(c2)OCCO3)c1. The standard InChI is InChI=1S/C25H33N3O5S/c1-3-28(4-2)34(30,31)20-8-9-22(27-13-5-6-14-27)21(18-20)25(29)26-12-11-19-7-10-23-24(17-19)33-16-15-32-23/h7-10,17-18H,3-6,11-16H2,1-2H3,(H,26,29). The van der Waals surface area contributed by atoms with Crippen molar-refractivity contribution in [3.05, 3.63) is 47.5 Å². The van der Waals surface area contributed by atoms with Crippen LogP contribution in [0.25, 0.3) is 0 Å². The monoisotopic (exact) mass is 487 g/mol. The third-order valence-electron chi connectivity index (χ3n) is 6.31. The summed E-state index contributed by atoms with van der Waals surface area (Å²) < 4.78 is 38.8. The minimum Gasteiger partial charge on any atom is -0.486 e. The van der Waals surface area contributed by atoms with Gasteiger partial charge in [0.05, 0.1) is 10.5 Å². The Morgan fingerprint density at radius 2 is 1.71 bits per heavy atom. The van der Waals surface area contributed by atoms with E-state index in [1.807, 2.05) is 32.0 Å². The molecule has 0 bridgehead atoms. The molecular formula is C25H33N3O5S. The Labute approximate surface area is 201 Å². The van der Waals surface area contributed by atoms with Crippen LogP contribution in [0.15, 0.2) is 41.3 Å². The van der Waals surface area contributed by atoms with Crippen LogP contribution in [-0.2, 0) is 16.4 Å². The first kappa shape index (κ1) is 24.3. The summed E-state index contributed by atoms with van der Waals surface area (Å²) in [4.78, 5) is 15.5. The molecule has 4 rings (SSSR count). The minimum absolute atomic E-state index is 0.149. The van der Waals surface area contributed by atoms with Crippen LogP contribution in [0.5, 0.6) is 11.5 Å². The molecule has 1 fully saturated rings. The van der Waals surface area contributed by atoms with Gasteiger partial charge < -0.3 is 19.7 Å². The summed E-state index contributed by atoms with van der Waals surface area (Å²) in [5, 5.41) is 2.98. The fraction of sp³-hybridized carbons (Fsp3) is 0.480. The smallest absolute Gasteiger partial charge is 0.253 e. The number of sulfonamides is 1. The molecule has 0 aliphatic carbocycles. The fourth-order valence-corrected chi connectivity index (χ4v) is 5.95. The number of amides is 1. The third kappa shape index (κ3) is 5.15. The van der Waals surface area contributed by atoms with E-state index in [4.69, 9.17) is 9.47 Å². The number of carbonyl (C=O) groups is 1. The van der Waals surface area contributed by atoms with E-state index >= 15 is 0 Å². The maximum atomic E-state index is 13.2. The van der Waals surface area contributed by atoms with E-state index in [0.29, 0.717) is 44.8 Å². The summed E-state index contributed by atoms with van der Waals surface area (Å²) in [5.41, 5.74) is 2.22. The average Bonchev–Trinajstić information content (AvgIpc) is 3.39. The number of fused-ring (bicyclic) bond motifs is 1. The number of rotatable bonds is 9.